The lowest BCUT2D eigenvalue weighted by molar-refractivity contribution is 0.307. The second-order valence-corrected chi connectivity index (χ2v) is 5.86. The maximum absolute atomic E-state index is 9.55. The van der Waals surface area contributed by atoms with E-state index >= 15 is 0 Å². The molecule has 0 spiro atoms. The summed E-state index contributed by atoms with van der Waals surface area (Å²) in [5, 5.41) is 13.0. The number of aryl methyl sites for hydroxylation is 2. The molecule has 0 radical (unpaired) electrons. The van der Waals surface area contributed by atoms with Gasteiger partial charge in [-0.15, -0.1) is 0 Å². The molecule has 0 atom stereocenters. The standard InChI is InChI=1S/C19H21N3O3/c1-13-6-9-16(17(12-13)24-3)25-19-15(8-7-14(2)20-19)18(21-23)22-10-4-5-11-22/h4-9,12,23H,10-11H2,1-3H3/b21-18-. The lowest BCUT2D eigenvalue weighted by Crippen LogP contribution is -2.29. The van der Waals surface area contributed by atoms with Crippen molar-refractivity contribution >= 4 is 5.84 Å². The van der Waals surface area contributed by atoms with E-state index in [9.17, 15) is 5.21 Å². The van der Waals surface area contributed by atoms with Crippen molar-refractivity contribution in [2.75, 3.05) is 20.2 Å². The summed E-state index contributed by atoms with van der Waals surface area (Å²) < 4.78 is 11.4. The molecular weight excluding hydrogens is 318 g/mol. The van der Waals surface area contributed by atoms with Gasteiger partial charge in [0.15, 0.2) is 17.3 Å². The summed E-state index contributed by atoms with van der Waals surface area (Å²) in [6.45, 7) is 5.23. The number of nitrogens with zero attached hydrogens (tertiary/aromatic N) is 3. The second-order valence-electron chi connectivity index (χ2n) is 5.86. The fraction of sp³-hybridized carbons (Fsp3) is 0.263. The highest BCUT2D eigenvalue weighted by atomic mass is 16.5. The molecule has 1 N–H and O–H groups in total. The third-order valence-electron chi connectivity index (χ3n) is 3.98. The number of hydrogen-bond donors (Lipinski definition) is 1. The van der Waals surface area contributed by atoms with Crippen LogP contribution in [-0.4, -0.2) is 41.1 Å². The molecule has 1 aliphatic rings. The summed E-state index contributed by atoms with van der Waals surface area (Å²) in [5.74, 6) is 1.99. The van der Waals surface area contributed by atoms with Gasteiger partial charge in [0, 0.05) is 18.8 Å². The van der Waals surface area contributed by atoms with Gasteiger partial charge >= 0.3 is 0 Å². The van der Waals surface area contributed by atoms with Crippen LogP contribution in [0.1, 0.15) is 16.8 Å². The van der Waals surface area contributed by atoms with E-state index in [2.05, 4.69) is 10.1 Å². The molecule has 0 saturated carbocycles. The molecule has 0 unspecified atom stereocenters. The lowest BCUT2D eigenvalue weighted by Gasteiger charge is -2.20. The molecule has 0 fully saturated rings. The van der Waals surface area contributed by atoms with Crippen LogP contribution in [0.25, 0.3) is 0 Å². The zero-order chi connectivity index (χ0) is 17.8. The van der Waals surface area contributed by atoms with Crippen LogP contribution >= 0.6 is 0 Å². The molecule has 0 aliphatic carbocycles. The minimum atomic E-state index is 0.377. The van der Waals surface area contributed by atoms with Gasteiger partial charge in [-0.05, 0) is 43.7 Å². The molecule has 6 heteroatoms. The van der Waals surface area contributed by atoms with Gasteiger partial charge in [-0.1, -0.05) is 23.4 Å². The van der Waals surface area contributed by atoms with E-state index in [4.69, 9.17) is 9.47 Å². The topological polar surface area (TPSA) is 67.2 Å². The lowest BCUT2D eigenvalue weighted by atomic mass is 10.2. The predicted octanol–water partition coefficient (Wildman–Crippen LogP) is 3.51. The number of rotatable bonds is 4. The quantitative estimate of drug-likeness (QED) is 0.304. The second kappa shape index (κ2) is 7.25. The van der Waals surface area contributed by atoms with Gasteiger partial charge in [0.25, 0.3) is 0 Å². The molecule has 25 heavy (non-hydrogen) atoms. The van der Waals surface area contributed by atoms with Crippen molar-refractivity contribution < 1.29 is 14.7 Å². The summed E-state index contributed by atoms with van der Waals surface area (Å²) in [5.41, 5.74) is 2.50. The average Bonchev–Trinajstić information content (AvgIpc) is 3.13. The Bertz CT molecular complexity index is 823. The first-order valence-corrected chi connectivity index (χ1v) is 8.05. The molecule has 130 valence electrons. The van der Waals surface area contributed by atoms with Crippen LogP contribution in [0, 0.1) is 13.8 Å². The van der Waals surface area contributed by atoms with Crippen LogP contribution in [0.5, 0.6) is 17.4 Å². The molecule has 2 aromatic rings. The smallest absolute Gasteiger partial charge is 0.230 e. The molecule has 0 amide bonds. The van der Waals surface area contributed by atoms with E-state index < -0.39 is 0 Å². The molecule has 1 aliphatic heterocycles. The number of ether oxygens (including phenoxy) is 2. The number of hydrogen-bond acceptors (Lipinski definition) is 5. The summed E-state index contributed by atoms with van der Waals surface area (Å²) >= 11 is 0. The molecule has 1 aromatic heterocycles. The van der Waals surface area contributed by atoms with E-state index in [1.807, 2.05) is 61.2 Å². The maximum atomic E-state index is 9.55. The van der Waals surface area contributed by atoms with E-state index in [0.29, 0.717) is 41.9 Å². The predicted molar refractivity (Wildman–Crippen MR) is 95.8 cm³/mol. The van der Waals surface area contributed by atoms with Crippen molar-refractivity contribution in [2.45, 2.75) is 13.8 Å². The zero-order valence-corrected chi connectivity index (χ0v) is 14.6. The van der Waals surface area contributed by atoms with Crippen molar-refractivity contribution in [1.29, 1.82) is 0 Å². The minimum Gasteiger partial charge on any atom is -0.493 e. The van der Waals surface area contributed by atoms with Gasteiger partial charge in [-0.3, -0.25) is 0 Å². The van der Waals surface area contributed by atoms with E-state index in [1.165, 1.54) is 0 Å². The Morgan fingerprint density at radius 1 is 1.12 bits per heavy atom. The normalized spacial score (nSPS) is 14.0. The Morgan fingerprint density at radius 2 is 1.88 bits per heavy atom. The molecular formula is C19H21N3O3. The van der Waals surface area contributed by atoms with Crippen LogP contribution in [0.4, 0.5) is 0 Å². The third-order valence-corrected chi connectivity index (χ3v) is 3.98. The fourth-order valence-corrected chi connectivity index (χ4v) is 2.68. The fourth-order valence-electron chi connectivity index (χ4n) is 2.68. The summed E-state index contributed by atoms with van der Waals surface area (Å²) in [6.07, 6.45) is 4.05. The van der Waals surface area contributed by atoms with Crippen LogP contribution < -0.4 is 9.47 Å². The number of aromatic nitrogens is 1. The number of methoxy groups -OCH3 is 1. The minimum absolute atomic E-state index is 0.377. The van der Waals surface area contributed by atoms with Crippen LogP contribution in [-0.2, 0) is 0 Å². The Kier molecular flexibility index (Phi) is 4.88. The molecule has 0 saturated heterocycles. The van der Waals surface area contributed by atoms with Crippen LogP contribution in [0.15, 0.2) is 47.6 Å². The van der Waals surface area contributed by atoms with Crippen molar-refractivity contribution in [3.63, 3.8) is 0 Å². The van der Waals surface area contributed by atoms with Crippen molar-refractivity contribution in [2.24, 2.45) is 5.16 Å². The van der Waals surface area contributed by atoms with E-state index in [0.717, 1.165) is 11.3 Å². The first kappa shape index (κ1) is 16.8. The van der Waals surface area contributed by atoms with E-state index in [-0.39, 0.29) is 0 Å². The SMILES string of the molecule is COc1cc(C)ccc1Oc1nc(C)ccc1/C(=N/O)N1CC=CC1. The van der Waals surface area contributed by atoms with Crippen LogP contribution in [0.2, 0.25) is 0 Å². The Morgan fingerprint density at radius 3 is 2.56 bits per heavy atom. The van der Waals surface area contributed by atoms with Gasteiger partial charge in [-0.2, -0.15) is 0 Å². The Hall–Kier alpha value is -3.02. The number of benzene rings is 1. The Labute approximate surface area is 147 Å². The summed E-state index contributed by atoms with van der Waals surface area (Å²) in [6, 6.07) is 9.40. The average molecular weight is 339 g/mol. The molecule has 1 aromatic carbocycles. The highest BCUT2D eigenvalue weighted by molar-refractivity contribution is 6.00. The Balaban J connectivity index is 2.00. The van der Waals surface area contributed by atoms with Crippen LogP contribution in [0.3, 0.4) is 0 Å². The van der Waals surface area contributed by atoms with Gasteiger partial charge in [-0.25, -0.2) is 4.98 Å². The first-order valence-electron chi connectivity index (χ1n) is 8.05. The van der Waals surface area contributed by atoms with Crippen molar-refractivity contribution in [1.82, 2.24) is 9.88 Å². The van der Waals surface area contributed by atoms with Crippen molar-refractivity contribution in [3.8, 4) is 17.4 Å². The third kappa shape index (κ3) is 3.57. The van der Waals surface area contributed by atoms with Gasteiger partial charge < -0.3 is 19.6 Å². The van der Waals surface area contributed by atoms with Crippen molar-refractivity contribution in [3.05, 3.63) is 59.3 Å². The number of amidine groups is 1. The molecule has 3 rings (SSSR count). The highest BCUT2D eigenvalue weighted by Crippen LogP contribution is 2.33. The van der Waals surface area contributed by atoms with E-state index in [1.54, 1.807) is 7.11 Å². The molecule has 6 nitrogen and oxygen atoms in total. The maximum Gasteiger partial charge on any atom is 0.230 e. The molecule has 0 bridgehead atoms. The summed E-state index contributed by atoms with van der Waals surface area (Å²) in [7, 11) is 1.60. The zero-order valence-electron chi connectivity index (χ0n) is 14.6. The monoisotopic (exact) mass is 339 g/mol. The number of oxime groups is 1. The highest BCUT2D eigenvalue weighted by Gasteiger charge is 2.21. The van der Waals surface area contributed by atoms with Gasteiger partial charge in [0.05, 0.1) is 12.7 Å². The number of pyridine rings is 1. The summed E-state index contributed by atoms with van der Waals surface area (Å²) in [4.78, 5) is 6.43. The first-order chi connectivity index (χ1) is 12.1. The van der Waals surface area contributed by atoms with Gasteiger partial charge in [0.1, 0.15) is 0 Å². The van der Waals surface area contributed by atoms with Gasteiger partial charge in [0.2, 0.25) is 5.88 Å². The largest absolute Gasteiger partial charge is 0.493 e. The molecule has 2 heterocycles.